The molecular formula is C12H8BrF3N2. The highest BCUT2D eigenvalue weighted by molar-refractivity contribution is 9.10. The van der Waals surface area contributed by atoms with Gasteiger partial charge in [-0.05, 0) is 47.1 Å². The lowest BCUT2D eigenvalue weighted by atomic mass is 10.2. The monoisotopic (exact) mass is 316 g/mol. The van der Waals surface area contributed by atoms with Crippen molar-refractivity contribution in [3.8, 4) is 0 Å². The molecule has 2 nitrogen and oxygen atoms in total. The van der Waals surface area contributed by atoms with Gasteiger partial charge in [0, 0.05) is 4.47 Å². The van der Waals surface area contributed by atoms with Gasteiger partial charge in [0.05, 0.1) is 11.4 Å². The van der Waals surface area contributed by atoms with Crippen molar-refractivity contribution in [3.63, 3.8) is 0 Å². The Balaban J connectivity index is 2.34. The van der Waals surface area contributed by atoms with Gasteiger partial charge in [0.1, 0.15) is 5.82 Å². The first-order chi connectivity index (χ1) is 8.49. The fourth-order valence-electron chi connectivity index (χ4n) is 1.37. The normalized spacial score (nSPS) is 10.5. The second-order valence-electron chi connectivity index (χ2n) is 3.61. The molecule has 2 aromatic rings. The summed E-state index contributed by atoms with van der Waals surface area (Å²) in [5, 5.41) is 2.59. The zero-order chi connectivity index (χ0) is 13.3. The van der Waals surface area contributed by atoms with Gasteiger partial charge in [0.25, 0.3) is 0 Å². The predicted octanol–water partition coefficient (Wildman–Crippen LogP) is 4.31. The van der Waals surface area contributed by atoms with Crippen LogP contribution in [0.1, 0.15) is 5.69 Å². The van der Waals surface area contributed by atoms with Crippen LogP contribution >= 0.6 is 15.9 Å². The van der Waals surface area contributed by atoms with Gasteiger partial charge in [-0.15, -0.1) is 0 Å². The maximum Gasteiger partial charge on any atom is 0.196 e. The number of aromatic nitrogens is 1. The molecule has 0 radical (unpaired) electrons. The molecule has 1 N–H and O–H groups in total. The zero-order valence-corrected chi connectivity index (χ0v) is 10.9. The van der Waals surface area contributed by atoms with Crippen LogP contribution in [0.25, 0.3) is 0 Å². The van der Waals surface area contributed by atoms with Crippen molar-refractivity contribution < 1.29 is 13.2 Å². The number of nitrogens with zero attached hydrogens (tertiary/aromatic N) is 1. The molecule has 1 aromatic heterocycles. The minimum atomic E-state index is -1.51. The zero-order valence-electron chi connectivity index (χ0n) is 9.27. The molecule has 0 saturated heterocycles. The Labute approximate surface area is 110 Å². The van der Waals surface area contributed by atoms with E-state index in [1.807, 2.05) is 0 Å². The van der Waals surface area contributed by atoms with Crippen LogP contribution in [0, 0.1) is 24.4 Å². The Morgan fingerprint density at radius 2 is 1.78 bits per heavy atom. The summed E-state index contributed by atoms with van der Waals surface area (Å²) in [6.07, 6.45) is 0. The summed E-state index contributed by atoms with van der Waals surface area (Å²) in [7, 11) is 0. The van der Waals surface area contributed by atoms with E-state index in [0.717, 1.165) is 16.6 Å². The van der Waals surface area contributed by atoms with Crippen LogP contribution in [0.5, 0.6) is 0 Å². The van der Waals surface area contributed by atoms with E-state index in [2.05, 4.69) is 26.2 Å². The molecule has 1 aromatic carbocycles. The molecular weight excluding hydrogens is 309 g/mol. The number of aryl methyl sites for hydroxylation is 1. The number of hydrogen-bond acceptors (Lipinski definition) is 2. The van der Waals surface area contributed by atoms with E-state index in [4.69, 9.17) is 0 Å². The van der Waals surface area contributed by atoms with Crippen molar-refractivity contribution in [2.24, 2.45) is 0 Å². The van der Waals surface area contributed by atoms with Gasteiger partial charge >= 0.3 is 0 Å². The largest absolute Gasteiger partial charge is 0.338 e. The molecule has 0 bridgehead atoms. The molecule has 0 amide bonds. The van der Waals surface area contributed by atoms with Gasteiger partial charge in [-0.3, -0.25) is 0 Å². The van der Waals surface area contributed by atoms with Crippen LogP contribution in [0.4, 0.5) is 24.7 Å². The standard InChI is InChI=1S/C12H8BrF3N2/c1-6-7(13)2-5-10(17-6)18-9-4-3-8(14)11(15)12(9)16/h2-5H,1H3,(H,17,18). The van der Waals surface area contributed by atoms with Crippen LogP contribution in [-0.4, -0.2) is 4.98 Å². The third-order valence-electron chi connectivity index (χ3n) is 2.32. The third kappa shape index (κ3) is 2.48. The molecule has 0 aliphatic heterocycles. The number of hydrogen-bond donors (Lipinski definition) is 1. The number of anilines is 2. The third-order valence-corrected chi connectivity index (χ3v) is 3.16. The Kier molecular flexibility index (Phi) is 3.56. The predicted molar refractivity (Wildman–Crippen MR) is 66.3 cm³/mol. The summed E-state index contributed by atoms with van der Waals surface area (Å²) in [5.74, 6) is -3.65. The number of rotatable bonds is 2. The van der Waals surface area contributed by atoms with E-state index in [9.17, 15) is 13.2 Å². The van der Waals surface area contributed by atoms with E-state index >= 15 is 0 Å². The van der Waals surface area contributed by atoms with Crippen molar-refractivity contribution in [1.82, 2.24) is 4.98 Å². The number of halogens is 4. The van der Waals surface area contributed by atoms with Gasteiger partial charge < -0.3 is 5.32 Å². The van der Waals surface area contributed by atoms with Crippen molar-refractivity contribution in [2.45, 2.75) is 6.92 Å². The Morgan fingerprint density at radius 3 is 2.44 bits per heavy atom. The van der Waals surface area contributed by atoms with Gasteiger partial charge in [0.2, 0.25) is 0 Å². The van der Waals surface area contributed by atoms with E-state index in [-0.39, 0.29) is 5.69 Å². The number of nitrogens with one attached hydrogen (secondary N) is 1. The fourth-order valence-corrected chi connectivity index (χ4v) is 1.59. The van der Waals surface area contributed by atoms with Crippen LogP contribution in [0.2, 0.25) is 0 Å². The summed E-state index contributed by atoms with van der Waals surface area (Å²) in [6, 6.07) is 5.29. The Morgan fingerprint density at radius 1 is 1.06 bits per heavy atom. The molecule has 0 aliphatic carbocycles. The molecule has 1 heterocycles. The van der Waals surface area contributed by atoms with Crippen molar-refractivity contribution in [3.05, 3.63) is 51.9 Å². The summed E-state index contributed by atoms with van der Waals surface area (Å²) < 4.78 is 40.0. The van der Waals surface area contributed by atoms with Crippen molar-refractivity contribution in [2.75, 3.05) is 5.32 Å². The summed E-state index contributed by atoms with van der Waals surface area (Å²) in [6.45, 7) is 1.76. The maximum atomic E-state index is 13.4. The smallest absolute Gasteiger partial charge is 0.196 e. The topological polar surface area (TPSA) is 24.9 Å². The lowest BCUT2D eigenvalue weighted by Crippen LogP contribution is -2.00. The minimum absolute atomic E-state index is 0.164. The molecule has 2 rings (SSSR count). The maximum absolute atomic E-state index is 13.4. The molecule has 6 heteroatoms. The van der Waals surface area contributed by atoms with Gasteiger partial charge in [0.15, 0.2) is 17.5 Å². The molecule has 18 heavy (non-hydrogen) atoms. The van der Waals surface area contributed by atoms with E-state index in [1.165, 1.54) is 0 Å². The molecule has 0 unspecified atom stereocenters. The average Bonchev–Trinajstić information content (AvgIpc) is 2.34. The van der Waals surface area contributed by atoms with Crippen LogP contribution in [-0.2, 0) is 0 Å². The second kappa shape index (κ2) is 4.97. The van der Waals surface area contributed by atoms with E-state index in [0.29, 0.717) is 11.5 Å². The van der Waals surface area contributed by atoms with Crippen LogP contribution < -0.4 is 5.32 Å². The molecule has 0 aliphatic rings. The molecule has 0 fully saturated rings. The first-order valence-electron chi connectivity index (χ1n) is 5.02. The number of pyridine rings is 1. The molecule has 0 atom stereocenters. The fraction of sp³-hybridized carbons (Fsp3) is 0.0833. The van der Waals surface area contributed by atoms with E-state index in [1.54, 1.807) is 19.1 Å². The summed E-state index contributed by atoms with van der Waals surface area (Å²) in [4.78, 5) is 4.12. The summed E-state index contributed by atoms with van der Waals surface area (Å²) >= 11 is 3.28. The Bertz CT molecular complexity index is 602. The van der Waals surface area contributed by atoms with Crippen molar-refractivity contribution in [1.29, 1.82) is 0 Å². The van der Waals surface area contributed by atoms with E-state index < -0.39 is 17.5 Å². The SMILES string of the molecule is Cc1nc(Nc2ccc(F)c(F)c2F)ccc1Br. The first kappa shape index (κ1) is 12.9. The second-order valence-corrected chi connectivity index (χ2v) is 4.47. The minimum Gasteiger partial charge on any atom is -0.338 e. The Hall–Kier alpha value is -1.56. The highest BCUT2D eigenvalue weighted by Crippen LogP contribution is 2.24. The van der Waals surface area contributed by atoms with Gasteiger partial charge in [-0.1, -0.05) is 0 Å². The van der Waals surface area contributed by atoms with Crippen LogP contribution in [0.15, 0.2) is 28.7 Å². The van der Waals surface area contributed by atoms with Crippen molar-refractivity contribution >= 4 is 27.4 Å². The first-order valence-corrected chi connectivity index (χ1v) is 5.82. The number of benzene rings is 1. The van der Waals surface area contributed by atoms with Crippen LogP contribution in [0.3, 0.4) is 0 Å². The average molecular weight is 317 g/mol. The summed E-state index contributed by atoms with van der Waals surface area (Å²) in [5.41, 5.74) is 0.533. The lowest BCUT2D eigenvalue weighted by molar-refractivity contribution is 0.449. The molecule has 0 spiro atoms. The highest BCUT2D eigenvalue weighted by Gasteiger charge is 2.13. The van der Waals surface area contributed by atoms with Gasteiger partial charge in [-0.25, -0.2) is 18.2 Å². The molecule has 0 saturated carbocycles. The quantitative estimate of drug-likeness (QED) is 0.835. The molecule has 94 valence electrons. The van der Waals surface area contributed by atoms with Gasteiger partial charge in [-0.2, -0.15) is 0 Å². The highest BCUT2D eigenvalue weighted by atomic mass is 79.9. The lowest BCUT2D eigenvalue weighted by Gasteiger charge is -2.08.